The lowest BCUT2D eigenvalue weighted by Crippen LogP contribution is -2.39. The van der Waals surface area contributed by atoms with Crippen LogP contribution in [-0.4, -0.2) is 5.54 Å². The molecule has 5 rings (SSSR count). The van der Waals surface area contributed by atoms with E-state index in [-0.39, 0.29) is 11.0 Å². The van der Waals surface area contributed by atoms with Crippen molar-refractivity contribution < 1.29 is 2.74 Å². The summed E-state index contributed by atoms with van der Waals surface area (Å²) >= 11 is 0. The van der Waals surface area contributed by atoms with Crippen LogP contribution in [-0.2, 0) is 5.41 Å². The smallest absolute Gasteiger partial charge is 0.0457 e. The van der Waals surface area contributed by atoms with E-state index in [1.165, 1.54) is 22.3 Å². The standard InChI is InChI=1S/C37H43N/c1-24(2)28-20-19-27(26-15-11-10-12-16-26)23-33(28)38(36(5,6)7)32-22-21-31-35(34(32)25(3)4)29-17-13-14-18-30(29)37(31,8)9/h10-25H,1-9H3/i24D,25D. The molecule has 38 heavy (non-hydrogen) atoms. The van der Waals surface area contributed by atoms with Crippen molar-refractivity contribution in [2.24, 2.45) is 0 Å². The summed E-state index contributed by atoms with van der Waals surface area (Å²) < 4.78 is 18.6. The highest BCUT2D eigenvalue weighted by atomic mass is 15.2. The molecule has 0 amide bonds. The van der Waals surface area contributed by atoms with Crippen molar-refractivity contribution in [3.8, 4) is 22.3 Å². The molecule has 0 aliphatic heterocycles. The summed E-state index contributed by atoms with van der Waals surface area (Å²) in [6, 6.07) is 30.2. The molecule has 0 aromatic heterocycles. The first-order chi connectivity index (χ1) is 18.5. The third-order valence-corrected chi connectivity index (χ3v) is 8.02. The maximum absolute atomic E-state index is 9.50. The van der Waals surface area contributed by atoms with Gasteiger partial charge in [-0.3, -0.25) is 0 Å². The minimum Gasteiger partial charge on any atom is -0.336 e. The van der Waals surface area contributed by atoms with Gasteiger partial charge in [-0.2, -0.15) is 0 Å². The van der Waals surface area contributed by atoms with E-state index < -0.39 is 11.8 Å². The summed E-state index contributed by atoms with van der Waals surface area (Å²) in [6.45, 7) is 19.2. The molecule has 0 bridgehead atoms. The normalized spacial score (nSPS) is 15.4. The topological polar surface area (TPSA) is 3.24 Å². The van der Waals surface area contributed by atoms with E-state index in [1.54, 1.807) is 0 Å². The Morgan fingerprint density at radius 1 is 0.684 bits per heavy atom. The predicted molar refractivity (Wildman–Crippen MR) is 166 cm³/mol. The molecule has 0 saturated heterocycles. The number of fused-ring (bicyclic) bond motifs is 3. The van der Waals surface area contributed by atoms with Crippen molar-refractivity contribution in [2.75, 3.05) is 4.90 Å². The third kappa shape index (κ3) is 4.27. The van der Waals surface area contributed by atoms with Gasteiger partial charge in [-0.05, 0) is 89.2 Å². The minimum atomic E-state index is -0.856. The van der Waals surface area contributed by atoms with E-state index in [0.29, 0.717) is 0 Å². The molecule has 0 atom stereocenters. The Morgan fingerprint density at radius 3 is 1.97 bits per heavy atom. The first-order valence-corrected chi connectivity index (χ1v) is 13.8. The van der Waals surface area contributed by atoms with Crippen LogP contribution in [0.5, 0.6) is 0 Å². The van der Waals surface area contributed by atoms with Gasteiger partial charge in [0.2, 0.25) is 0 Å². The van der Waals surface area contributed by atoms with Crippen LogP contribution < -0.4 is 4.90 Å². The van der Waals surface area contributed by atoms with Gasteiger partial charge in [-0.25, -0.2) is 0 Å². The molecule has 196 valence electrons. The van der Waals surface area contributed by atoms with Gasteiger partial charge in [0.05, 0.1) is 0 Å². The molecule has 1 aliphatic carbocycles. The summed E-state index contributed by atoms with van der Waals surface area (Å²) in [5.74, 6) is -1.67. The van der Waals surface area contributed by atoms with Crippen molar-refractivity contribution >= 4 is 11.4 Å². The number of nitrogens with zero attached hydrogens (tertiary/aromatic N) is 1. The van der Waals surface area contributed by atoms with Crippen molar-refractivity contribution in [2.45, 2.75) is 85.1 Å². The van der Waals surface area contributed by atoms with Gasteiger partial charge in [0.1, 0.15) is 0 Å². The first-order valence-electron chi connectivity index (χ1n) is 14.8. The Kier molecular flexibility index (Phi) is 5.91. The number of anilines is 2. The molecule has 0 heterocycles. The van der Waals surface area contributed by atoms with Gasteiger partial charge in [-0.15, -0.1) is 0 Å². The number of benzene rings is 4. The second-order valence-corrected chi connectivity index (χ2v) is 12.7. The number of hydrogen-bond acceptors (Lipinski definition) is 1. The van der Waals surface area contributed by atoms with Gasteiger partial charge in [-0.1, -0.05) is 114 Å². The molecule has 0 radical (unpaired) electrons. The van der Waals surface area contributed by atoms with Crippen molar-refractivity contribution in [1.29, 1.82) is 0 Å². The Labute approximate surface area is 233 Å². The van der Waals surface area contributed by atoms with Crippen LogP contribution in [0.25, 0.3) is 22.3 Å². The van der Waals surface area contributed by atoms with E-state index >= 15 is 0 Å². The zero-order valence-corrected chi connectivity index (χ0v) is 24.5. The van der Waals surface area contributed by atoms with Gasteiger partial charge >= 0.3 is 0 Å². The minimum absolute atomic E-state index is 0.140. The highest BCUT2D eigenvalue weighted by Crippen LogP contribution is 2.54. The molecule has 0 saturated carbocycles. The Morgan fingerprint density at radius 2 is 1.34 bits per heavy atom. The van der Waals surface area contributed by atoms with E-state index in [4.69, 9.17) is 1.37 Å². The van der Waals surface area contributed by atoms with Crippen LogP contribution in [0.15, 0.2) is 84.9 Å². The molecule has 1 nitrogen and oxygen atoms in total. The van der Waals surface area contributed by atoms with Gasteiger partial charge < -0.3 is 4.90 Å². The van der Waals surface area contributed by atoms with Crippen molar-refractivity contribution in [1.82, 2.24) is 0 Å². The van der Waals surface area contributed by atoms with E-state index in [9.17, 15) is 1.37 Å². The average Bonchev–Trinajstić information content (AvgIpc) is 3.09. The second kappa shape index (κ2) is 9.45. The van der Waals surface area contributed by atoms with Crippen molar-refractivity contribution in [3.63, 3.8) is 0 Å². The maximum atomic E-state index is 9.50. The van der Waals surface area contributed by atoms with E-state index in [0.717, 1.165) is 33.6 Å². The van der Waals surface area contributed by atoms with Crippen LogP contribution >= 0.6 is 0 Å². The Hall–Kier alpha value is -3.32. The summed E-state index contributed by atoms with van der Waals surface area (Å²) in [6.07, 6.45) is 0. The SMILES string of the molecule is [2H]C(C)(C)c1ccc(-c2ccccc2)cc1N(c1ccc2c(c1C([2H])(C)C)-c1ccccc1C2(C)C)C(C)(C)C. The number of rotatable bonds is 5. The fourth-order valence-electron chi connectivity index (χ4n) is 6.28. The predicted octanol–water partition coefficient (Wildman–Crippen LogP) is 10.8. The fraction of sp³-hybridized carbons (Fsp3) is 0.351. The lowest BCUT2D eigenvalue weighted by Gasteiger charge is -2.42. The molecular weight excluding hydrogens is 458 g/mol. The molecule has 0 spiro atoms. The Bertz CT molecular complexity index is 1560. The lowest BCUT2D eigenvalue weighted by molar-refractivity contribution is 0.555. The van der Waals surface area contributed by atoms with Crippen LogP contribution in [0.3, 0.4) is 0 Å². The summed E-state index contributed by atoms with van der Waals surface area (Å²) in [5.41, 5.74) is 10.9. The zero-order chi connectivity index (χ0) is 29.3. The maximum Gasteiger partial charge on any atom is 0.0457 e. The molecule has 0 N–H and O–H groups in total. The highest BCUT2D eigenvalue weighted by molar-refractivity contribution is 5.89. The molecule has 1 heteroatoms. The zero-order valence-electron chi connectivity index (χ0n) is 26.5. The van der Waals surface area contributed by atoms with Crippen LogP contribution in [0.4, 0.5) is 11.4 Å². The van der Waals surface area contributed by atoms with Crippen molar-refractivity contribution in [3.05, 3.63) is 107 Å². The highest BCUT2D eigenvalue weighted by Gasteiger charge is 2.39. The monoisotopic (exact) mass is 503 g/mol. The van der Waals surface area contributed by atoms with Gasteiger partial charge in [0, 0.05) is 25.1 Å². The second-order valence-electron chi connectivity index (χ2n) is 12.7. The third-order valence-electron chi connectivity index (χ3n) is 8.02. The van der Waals surface area contributed by atoms with E-state index in [2.05, 4.69) is 118 Å². The first kappa shape index (κ1) is 23.8. The van der Waals surface area contributed by atoms with Gasteiger partial charge in [0.15, 0.2) is 0 Å². The van der Waals surface area contributed by atoms with Gasteiger partial charge in [0.25, 0.3) is 0 Å². The summed E-state index contributed by atoms with van der Waals surface area (Å²) in [7, 11) is 0. The molecular formula is C37H43N. The molecule has 4 aromatic carbocycles. The lowest BCUT2D eigenvalue weighted by atomic mass is 9.81. The van der Waals surface area contributed by atoms with Crippen LogP contribution in [0.1, 0.15) is 99.1 Å². The molecule has 4 aromatic rings. The fourth-order valence-corrected chi connectivity index (χ4v) is 6.28. The molecule has 1 aliphatic rings. The Balaban J connectivity index is 1.88. The quantitative estimate of drug-likeness (QED) is 0.262. The van der Waals surface area contributed by atoms with Crippen LogP contribution in [0.2, 0.25) is 0 Å². The molecule has 0 fully saturated rings. The van der Waals surface area contributed by atoms with E-state index in [1.807, 2.05) is 33.8 Å². The number of hydrogen-bond donors (Lipinski definition) is 0. The average molecular weight is 504 g/mol. The molecule has 0 unspecified atom stereocenters. The summed E-state index contributed by atoms with van der Waals surface area (Å²) in [4.78, 5) is 2.39. The largest absolute Gasteiger partial charge is 0.336 e. The van der Waals surface area contributed by atoms with Crippen LogP contribution in [0, 0.1) is 0 Å². The summed E-state index contributed by atoms with van der Waals surface area (Å²) in [5, 5.41) is 0.